The largest absolute Gasteiger partial charge is 0.370 e. The molecule has 0 aliphatic carbocycles. The number of hydrogen-bond acceptors (Lipinski definition) is 3. The Balaban J connectivity index is 1.72. The Kier molecular flexibility index (Phi) is 5.36. The van der Waals surface area contributed by atoms with Gasteiger partial charge in [0.15, 0.2) is 0 Å². The quantitative estimate of drug-likeness (QED) is 0.700. The summed E-state index contributed by atoms with van der Waals surface area (Å²) in [6, 6.07) is 8.14. The molecule has 0 N–H and O–H groups in total. The topological polar surface area (TPSA) is 36.4 Å². The number of halogens is 3. The van der Waals surface area contributed by atoms with Gasteiger partial charge in [0, 0.05) is 42.5 Å². The van der Waals surface area contributed by atoms with Crippen LogP contribution in [0, 0.1) is 5.82 Å². The summed E-state index contributed by atoms with van der Waals surface area (Å²) in [4.78, 5) is 20.7. The number of anilines is 1. The molecule has 0 saturated carbocycles. The second-order valence-corrected chi connectivity index (χ2v) is 6.87. The predicted molar refractivity (Wildman–Crippen MR) is 96.1 cm³/mol. The molecule has 1 aliphatic rings. The minimum atomic E-state index is -0.248. The van der Waals surface area contributed by atoms with Crippen LogP contribution in [0.3, 0.4) is 0 Å². The first-order chi connectivity index (χ1) is 11.5. The highest BCUT2D eigenvalue weighted by atomic mass is 79.9. The zero-order valence-corrected chi connectivity index (χ0v) is 15.2. The zero-order valence-electron chi connectivity index (χ0n) is 12.9. The monoisotopic (exact) mass is 411 g/mol. The molecule has 1 amide bonds. The number of amides is 1. The minimum Gasteiger partial charge on any atom is -0.370 e. The van der Waals surface area contributed by atoms with E-state index in [1.165, 1.54) is 12.1 Å². The second kappa shape index (κ2) is 7.49. The van der Waals surface area contributed by atoms with Crippen molar-refractivity contribution in [1.29, 1.82) is 0 Å². The Morgan fingerprint density at radius 1 is 1.17 bits per heavy atom. The number of nitrogens with zero attached hydrogens (tertiary/aromatic N) is 3. The van der Waals surface area contributed by atoms with Gasteiger partial charge in [0.2, 0.25) is 0 Å². The number of carbonyl (C=O) groups excluding carboxylic acids is 1. The molecule has 4 nitrogen and oxygen atoms in total. The average molecular weight is 413 g/mol. The first kappa shape index (κ1) is 17.2. The fourth-order valence-corrected chi connectivity index (χ4v) is 3.29. The van der Waals surface area contributed by atoms with Crippen LogP contribution in [-0.4, -0.2) is 42.0 Å². The summed E-state index contributed by atoms with van der Waals surface area (Å²) in [6.45, 7) is 2.74. The molecule has 0 unspecified atom stereocenters. The average Bonchev–Trinajstić information content (AvgIpc) is 2.83. The molecule has 0 atom stereocenters. The molecule has 1 fully saturated rings. The van der Waals surface area contributed by atoms with Crippen molar-refractivity contribution in [3.05, 3.63) is 57.5 Å². The zero-order chi connectivity index (χ0) is 17.1. The standard InChI is InChI=1S/C17H16BrClFN3O/c18-12-10-15(16(19)21-11-12)17(24)23-7-1-6-22(8-9-23)14-4-2-13(20)3-5-14/h2-5,10-11H,1,6-9H2. The van der Waals surface area contributed by atoms with Crippen molar-refractivity contribution in [3.63, 3.8) is 0 Å². The Hall–Kier alpha value is -1.66. The van der Waals surface area contributed by atoms with Gasteiger partial charge in [0.1, 0.15) is 11.0 Å². The van der Waals surface area contributed by atoms with Gasteiger partial charge < -0.3 is 9.80 Å². The van der Waals surface area contributed by atoms with Crippen LogP contribution in [0.4, 0.5) is 10.1 Å². The lowest BCUT2D eigenvalue weighted by atomic mass is 10.2. The maximum absolute atomic E-state index is 13.1. The molecule has 0 bridgehead atoms. The third-order valence-electron chi connectivity index (χ3n) is 4.01. The van der Waals surface area contributed by atoms with Crippen LogP contribution in [0.25, 0.3) is 0 Å². The highest BCUT2D eigenvalue weighted by Gasteiger charge is 2.23. The molecule has 2 heterocycles. The van der Waals surface area contributed by atoms with Gasteiger partial charge in [-0.05, 0) is 52.7 Å². The fraction of sp³-hybridized carbons (Fsp3) is 0.294. The Morgan fingerprint density at radius 3 is 2.67 bits per heavy atom. The molecule has 24 heavy (non-hydrogen) atoms. The van der Waals surface area contributed by atoms with Gasteiger partial charge in [-0.1, -0.05) is 11.6 Å². The molecule has 3 rings (SSSR count). The third kappa shape index (κ3) is 3.87. The van der Waals surface area contributed by atoms with Crippen LogP contribution in [-0.2, 0) is 0 Å². The van der Waals surface area contributed by atoms with E-state index in [9.17, 15) is 9.18 Å². The van der Waals surface area contributed by atoms with Crippen molar-refractivity contribution in [3.8, 4) is 0 Å². The van der Waals surface area contributed by atoms with Gasteiger partial charge in [-0.15, -0.1) is 0 Å². The number of aromatic nitrogens is 1. The lowest BCUT2D eigenvalue weighted by Gasteiger charge is -2.24. The van der Waals surface area contributed by atoms with E-state index in [2.05, 4.69) is 25.8 Å². The fourth-order valence-electron chi connectivity index (χ4n) is 2.77. The van der Waals surface area contributed by atoms with Gasteiger partial charge in [0.25, 0.3) is 5.91 Å². The van der Waals surface area contributed by atoms with Crippen LogP contribution in [0.1, 0.15) is 16.8 Å². The van der Waals surface area contributed by atoms with Crippen molar-refractivity contribution < 1.29 is 9.18 Å². The smallest absolute Gasteiger partial charge is 0.257 e. The maximum Gasteiger partial charge on any atom is 0.257 e. The number of benzene rings is 1. The molecular weight excluding hydrogens is 397 g/mol. The Bertz CT molecular complexity index is 741. The summed E-state index contributed by atoms with van der Waals surface area (Å²) in [7, 11) is 0. The number of hydrogen-bond donors (Lipinski definition) is 0. The third-order valence-corrected chi connectivity index (χ3v) is 4.75. The number of pyridine rings is 1. The molecule has 0 spiro atoms. The van der Waals surface area contributed by atoms with Crippen LogP contribution >= 0.6 is 27.5 Å². The van der Waals surface area contributed by atoms with Crippen LogP contribution in [0.5, 0.6) is 0 Å². The molecule has 7 heteroatoms. The molecule has 1 aromatic heterocycles. The van der Waals surface area contributed by atoms with Crippen LogP contribution in [0.15, 0.2) is 41.0 Å². The first-order valence-corrected chi connectivity index (χ1v) is 8.82. The van der Waals surface area contributed by atoms with Crippen molar-refractivity contribution in [2.24, 2.45) is 0 Å². The first-order valence-electron chi connectivity index (χ1n) is 7.65. The Morgan fingerprint density at radius 2 is 1.92 bits per heavy atom. The SMILES string of the molecule is O=C(c1cc(Br)cnc1Cl)N1CCCN(c2ccc(F)cc2)CC1. The van der Waals surface area contributed by atoms with E-state index in [1.54, 1.807) is 29.3 Å². The normalized spacial score (nSPS) is 15.3. The highest BCUT2D eigenvalue weighted by molar-refractivity contribution is 9.10. The lowest BCUT2D eigenvalue weighted by Crippen LogP contribution is -2.35. The molecule has 2 aromatic rings. The summed E-state index contributed by atoms with van der Waals surface area (Å²) in [5.41, 5.74) is 1.37. The molecular formula is C17H16BrClFN3O. The van der Waals surface area contributed by atoms with Crippen LogP contribution in [0.2, 0.25) is 5.15 Å². The number of rotatable bonds is 2. The number of carbonyl (C=O) groups is 1. The summed E-state index contributed by atoms with van der Waals surface area (Å²) in [5, 5.41) is 0.211. The van der Waals surface area contributed by atoms with Crippen LogP contribution < -0.4 is 4.90 Å². The maximum atomic E-state index is 13.1. The molecule has 0 radical (unpaired) electrons. The molecule has 1 saturated heterocycles. The predicted octanol–water partition coefficient (Wildman–Crippen LogP) is 3.99. The van der Waals surface area contributed by atoms with Gasteiger partial charge in [-0.2, -0.15) is 0 Å². The summed E-state index contributed by atoms with van der Waals surface area (Å²) in [5.74, 6) is -0.364. The van der Waals surface area contributed by atoms with E-state index in [0.717, 1.165) is 23.1 Å². The van der Waals surface area contributed by atoms with Crippen molar-refractivity contribution in [2.45, 2.75) is 6.42 Å². The van der Waals surface area contributed by atoms with Crippen molar-refractivity contribution in [2.75, 3.05) is 31.1 Å². The van der Waals surface area contributed by atoms with E-state index in [4.69, 9.17) is 11.6 Å². The summed E-state index contributed by atoms with van der Waals surface area (Å²) in [6.07, 6.45) is 2.40. The van der Waals surface area contributed by atoms with Gasteiger partial charge in [-0.25, -0.2) is 9.37 Å². The van der Waals surface area contributed by atoms with E-state index < -0.39 is 0 Å². The van der Waals surface area contributed by atoms with E-state index in [1.807, 2.05) is 0 Å². The highest BCUT2D eigenvalue weighted by Crippen LogP contribution is 2.22. The van der Waals surface area contributed by atoms with Crippen molar-refractivity contribution >= 4 is 39.1 Å². The van der Waals surface area contributed by atoms with Crippen molar-refractivity contribution in [1.82, 2.24) is 9.88 Å². The molecule has 1 aliphatic heterocycles. The minimum absolute atomic E-state index is 0.116. The van der Waals surface area contributed by atoms with Gasteiger partial charge in [-0.3, -0.25) is 4.79 Å². The summed E-state index contributed by atoms with van der Waals surface area (Å²) >= 11 is 9.38. The van der Waals surface area contributed by atoms with E-state index >= 15 is 0 Å². The van der Waals surface area contributed by atoms with Gasteiger partial charge >= 0.3 is 0 Å². The molecule has 1 aromatic carbocycles. The Labute approximate surface area is 153 Å². The van der Waals surface area contributed by atoms with E-state index in [0.29, 0.717) is 25.2 Å². The van der Waals surface area contributed by atoms with Gasteiger partial charge in [0.05, 0.1) is 5.56 Å². The van der Waals surface area contributed by atoms with E-state index in [-0.39, 0.29) is 16.9 Å². The molecule has 126 valence electrons. The lowest BCUT2D eigenvalue weighted by molar-refractivity contribution is 0.0766. The second-order valence-electron chi connectivity index (χ2n) is 5.60. The summed E-state index contributed by atoms with van der Waals surface area (Å²) < 4.78 is 13.8.